The lowest BCUT2D eigenvalue weighted by Crippen LogP contribution is -2.41. The van der Waals surface area contributed by atoms with Crippen molar-refractivity contribution in [2.24, 2.45) is 0 Å². The van der Waals surface area contributed by atoms with Crippen molar-refractivity contribution in [3.63, 3.8) is 0 Å². The Balaban J connectivity index is 1.45. The van der Waals surface area contributed by atoms with E-state index < -0.39 is 0 Å². The zero-order valence-corrected chi connectivity index (χ0v) is 14.5. The van der Waals surface area contributed by atoms with E-state index in [4.69, 9.17) is 9.47 Å². The molecule has 3 rings (SSSR count). The van der Waals surface area contributed by atoms with Crippen molar-refractivity contribution in [1.82, 2.24) is 4.90 Å². The number of benzene rings is 2. The van der Waals surface area contributed by atoms with E-state index in [9.17, 15) is 9.59 Å². The number of rotatable bonds is 6. The number of anilines is 1. The predicted octanol–water partition coefficient (Wildman–Crippen LogP) is 2.45. The fourth-order valence-corrected chi connectivity index (χ4v) is 2.64. The average Bonchev–Trinajstić information content (AvgIpc) is 2.69. The SMILES string of the molecule is O=C(CC(=O)N1CCOCC1)Nc1ccc(OCc2ccccc2)cc1. The summed E-state index contributed by atoms with van der Waals surface area (Å²) < 4.78 is 10.9. The lowest BCUT2D eigenvalue weighted by Gasteiger charge is -2.26. The van der Waals surface area contributed by atoms with Crippen LogP contribution in [-0.4, -0.2) is 43.0 Å². The largest absolute Gasteiger partial charge is 0.489 e. The maximum absolute atomic E-state index is 12.1. The molecule has 2 aromatic carbocycles. The van der Waals surface area contributed by atoms with Crippen molar-refractivity contribution in [1.29, 1.82) is 0 Å². The number of nitrogens with zero attached hydrogens (tertiary/aromatic N) is 1. The summed E-state index contributed by atoms with van der Waals surface area (Å²) in [4.78, 5) is 25.8. The van der Waals surface area contributed by atoms with Crippen molar-refractivity contribution >= 4 is 17.5 Å². The van der Waals surface area contributed by atoms with E-state index in [0.717, 1.165) is 11.3 Å². The van der Waals surface area contributed by atoms with Gasteiger partial charge in [-0.05, 0) is 29.8 Å². The lowest BCUT2D eigenvalue weighted by atomic mass is 10.2. The molecule has 0 saturated carbocycles. The van der Waals surface area contributed by atoms with Gasteiger partial charge >= 0.3 is 0 Å². The number of hydrogen-bond donors (Lipinski definition) is 1. The van der Waals surface area contributed by atoms with Gasteiger partial charge in [-0.1, -0.05) is 30.3 Å². The molecule has 0 aliphatic carbocycles. The molecule has 136 valence electrons. The Kier molecular flexibility index (Phi) is 6.22. The molecule has 1 aliphatic rings. The van der Waals surface area contributed by atoms with Crippen LogP contribution in [0.2, 0.25) is 0 Å². The molecule has 1 saturated heterocycles. The highest BCUT2D eigenvalue weighted by molar-refractivity contribution is 6.03. The fraction of sp³-hybridized carbons (Fsp3) is 0.300. The Hall–Kier alpha value is -2.86. The summed E-state index contributed by atoms with van der Waals surface area (Å²) >= 11 is 0. The van der Waals surface area contributed by atoms with Crippen LogP contribution < -0.4 is 10.1 Å². The summed E-state index contributed by atoms with van der Waals surface area (Å²) in [7, 11) is 0. The number of ether oxygens (including phenoxy) is 2. The molecule has 0 atom stereocenters. The molecule has 0 spiro atoms. The molecule has 1 N–H and O–H groups in total. The van der Waals surface area contributed by atoms with Gasteiger partial charge in [0.1, 0.15) is 18.8 Å². The fourth-order valence-electron chi connectivity index (χ4n) is 2.64. The minimum atomic E-state index is -0.320. The van der Waals surface area contributed by atoms with Crippen LogP contribution in [0.5, 0.6) is 5.75 Å². The average molecular weight is 354 g/mol. The third kappa shape index (κ3) is 5.32. The van der Waals surface area contributed by atoms with Crippen molar-refractivity contribution < 1.29 is 19.1 Å². The molecule has 6 heteroatoms. The van der Waals surface area contributed by atoms with E-state index in [2.05, 4.69) is 5.32 Å². The van der Waals surface area contributed by atoms with Gasteiger partial charge in [-0.2, -0.15) is 0 Å². The minimum Gasteiger partial charge on any atom is -0.489 e. The Morgan fingerprint density at radius 2 is 1.69 bits per heavy atom. The zero-order valence-electron chi connectivity index (χ0n) is 14.5. The Labute approximate surface area is 152 Å². The van der Waals surface area contributed by atoms with Crippen LogP contribution in [0.3, 0.4) is 0 Å². The number of amides is 2. The van der Waals surface area contributed by atoms with Gasteiger partial charge in [0.15, 0.2) is 0 Å². The second kappa shape index (κ2) is 9.01. The quantitative estimate of drug-likeness (QED) is 0.809. The van der Waals surface area contributed by atoms with E-state index >= 15 is 0 Å². The van der Waals surface area contributed by atoms with Crippen molar-refractivity contribution in [2.75, 3.05) is 31.6 Å². The van der Waals surface area contributed by atoms with Crippen molar-refractivity contribution in [3.8, 4) is 5.75 Å². The van der Waals surface area contributed by atoms with Crippen LogP contribution >= 0.6 is 0 Å². The van der Waals surface area contributed by atoms with Crippen LogP contribution in [-0.2, 0) is 20.9 Å². The first kappa shape index (κ1) is 17.9. The highest BCUT2D eigenvalue weighted by Crippen LogP contribution is 2.17. The monoisotopic (exact) mass is 354 g/mol. The van der Waals surface area contributed by atoms with Gasteiger partial charge in [0, 0.05) is 18.8 Å². The van der Waals surface area contributed by atoms with Crippen LogP contribution in [0.1, 0.15) is 12.0 Å². The summed E-state index contributed by atoms with van der Waals surface area (Å²) in [6.45, 7) is 2.62. The number of hydrogen-bond acceptors (Lipinski definition) is 4. The predicted molar refractivity (Wildman–Crippen MR) is 97.9 cm³/mol. The molecular weight excluding hydrogens is 332 g/mol. The van der Waals surface area contributed by atoms with E-state index in [1.54, 1.807) is 29.2 Å². The highest BCUT2D eigenvalue weighted by Gasteiger charge is 2.19. The Bertz CT molecular complexity index is 725. The lowest BCUT2D eigenvalue weighted by molar-refractivity contribution is -0.138. The van der Waals surface area contributed by atoms with Gasteiger partial charge in [0.05, 0.1) is 13.2 Å². The van der Waals surface area contributed by atoms with Crippen molar-refractivity contribution in [3.05, 3.63) is 60.2 Å². The molecule has 0 bridgehead atoms. The van der Waals surface area contributed by atoms with Gasteiger partial charge in [-0.25, -0.2) is 0 Å². The second-order valence-corrected chi connectivity index (χ2v) is 6.02. The molecule has 6 nitrogen and oxygen atoms in total. The maximum atomic E-state index is 12.1. The maximum Gasteiger partial charge on any atom is 0.233 e. The number of carbonyl (C=O) groups is 2. The molecule has 0 aromatic heterocycles. The van der Waals surface area contributed by atoms with Crippen LogP contribution in [0.15, 0.2) is 54.6 Å². The van der Waals surface area contributed by atoms with Crippen LogP contribution in [0, 0.1) is 0 Å². The van der Waals surface area contributed by atoms with E-state index in [1.807, 2.05) is 30.3 Å². The van der Waals surface area contributed by atoms with E-state index in [1.165, 1.54) is 0 Å². The molecular formula is C20H22N2O4. The normalized spacial score (nSPS) is 13.9. The molecule has 1 heterocycles. The summed E-state index contributed by atoms with van der Waals surface area (Å²) in [5.74, 6) is 0.226. The summed E-state index contributed by atoms with van der Waals surface area (Å²) in [6, 6.07) is 17.0. The number of nitrogens with one attached hydrogen (secondary N) is 1. The molecule has 2 aromatic rings. The molecule has 1 fully saturated rings. The Morgan fingerprint density at radius 3 is 2.38 bits per heavy atom. The molecule has 0 unspecified atom stereocenters. The van der Waals surface area contributed by atoms with Crippen molar-refractivity contribution in [2.45, 2.75) is 13.0 Å². The Morgan fingerprint density at radius 1 is 1.00 bits per heavy atom. The summed E-state index contributed by atoms with van der Waals surface area (Å²) in [5, 5.41) is 2.74. The topological polar surface area (TPSA) is 67.9 Å². The first-order valence-corrected chi connectivity index (χ1v) is 8.63. The number of morpholine rings is 1. The van der Waals surface area contributed by atoms with E-state index in [-0.39, 0.29) is 18.2 Å². The first-order valence-electron chi connectivity index (χ1n) is 8.63. The van der Waals surface area contributed by atoms with Gasteiger partial charge in [0.25, 0.3) is 0 Å². The first-order chi connectivity index (χ1) is 12.7. The second-order valence-electron chi connectivity index (χ2n) is 6.02. The van der Waals surface area contributed by atoms with Gasteiger partial charge in [-0.15, -0.1) is 0 Å². The smallest absolute Gasteiger partial charge is 0.233 e. The molecule has 0 radical (unpaired) electrons. The molecule has 1 aliphatic heterocycles. The summed E-state index contributed by atoms with van der Waals surface area (Å²) in [6.07, 6.45) is -0.160. The number of carbonyl (C=O) groups excluding carboxylic acids is 2. The third-order valence-electron chi connectivity index (χ3n) is 4.06. The highest BCUT2D eigenvalue weighted by atomic mass is 16.5. The molecule has 26 heavy (non-hydrogen) atoms. The third-order valence-corrected chi connectivity index (χ3v) is 4.06. The van der Waals surface area contributed by atoms with Gasteiger partial charge in [0.2, 0.25) is 11.8 Å². The van der Waals surface area contributed by atoms with Crippen LogP contribution in [0.25, 0.3) is 0 Å². The van der Waals surface area contributed by atoms with Crippen LogP contribution in [0.4, 0.5) is 5.69 Å². The summed E-state index contributed by atoms with van der Waals surface area (Å²) in [5.41, 5.74) is 1.73. The minimum absolute atomic E-state index is 0.160. The van der Waals surface area contributed by atoms with Gasteiger partial charge in [-0.3, -0.25) is 9.59 Å². The zero-order chi connectivity index (χ0) is 18.2. The van der Waals surface area contributed by atoms with Gasteiger partial charge < -0.3 is 19.7 Å². The standard InChI is InChI=1S/C20H22N2O4/c23-19(14-20(24)22-10-12-25-13-11-22)21-17-6-8-18(9-7-17)26-15-16-4-2-1-3-5-16/h1-9H,10-15H2,(H,21,23). The molecule has 2 amide bonds. The van der Waals surface area contributed by atoms with E-state index in [0.29, 0.717) is 38.6 Å².